The molecular formula is C22H40N4O5Si2. The lowest BCUT2D eigenvalue weighted by molar-refractivity contribution is -0.0567. The van der Waals surface area contributed by atoms with Crippen LogP contribution in [0.15, 0.2) is 22.1 Å². The molecule has 3 rings (SSSR count). The van der Waals surface area contributed by atoms with E-state index in [4.69, 9.17) is 23.4 Å². The molecule has 11 heteroatoms. The zero-order valence-electron chi connectivity index (χ0n) is 21.1. The molecule has 4 atom stereocenters. The fourth-order valence-corrected chi connectivity index (χ4v) is 16.4. The van der Waals surface area contributed by atoms with Crippen LogP contribution < -0.4 is 11.4 Å². The maximum Gasteiger partial charge on any atom is 0.351 e. The molecule has 0 saturated carbocycles. The Hall–Kier alpha value is -1.38. The molecule has 186 valence electrons. The first-order valence-corrected chi connectivity index (χ1v) is 15.8. The fourth-order valence-electron chi connectivity index (χ4n) is 5.18. The fraction of sp³-hybridized carbons (Fsp3) is 0.773. The number of ether oxygens (including phenoxy) is 1. The normalized spacial score (nSPS) is 29.3. The molecule has 1 aromatic rings. The minimum atomic E-state index is -2.83. The van der Waals surface area contributed by atoms with Crippen LogP contribution in [0.3, 0.4) is 0 Å². The second kappa shape index (κ2) is 9.70. The molecule has 2 fully saturated rings. The molecule has 2 N–H and O–H groups in total. The molecule has 0 aromatic carbocycles. The van der Waals surface area contributed by atoms with E-state index in [1.165, 1.54) is 4.57 Å². The summed E-state index contributed by atoms with van der Waals surface area (Å²) < 4.78 is 28.8. The lowest BCUT2D eigenvalue weighted by atomic mass is 10.1. The van der Waals surface area contributed by atoms with E-state index in [0.29, 0.717) is 6.61 Å². The first kappa shape index (κ1) is 26.2. The van der Waals surface area contributed by atoms with E-state index in [1.807, 2.05) is 0 Å². The van der Waals surface area contributed by atoms with Crippen LogP contribution >= 0.6 is 0 Å². The highest BCUT2D eigenvalue weighted by atomic mass is 28.5. The summed E-state index contributed by atoms with van der Waals surface area (Å²) in [4.78, 5) is 20.8. The van der Waals surface area contributed by atoms with Crippen molar-refractivity contribution in [2.75, 3.05) is 12.3 Å². The van der Waals surface area contributed by atoms with Gasteiger partial charge in [-0.3, -0.25) is 9.56 Å². The van der Waals surface area contributed by atoms with Gasteiger partial charge < -0.3 is 23.4 Å². The third-order valence-corrected chi connectivity index (χ3v) is 17.2. The van der Waals surface area contributed by atoms with Crippen molar-refractivity contribution in [2.24, 2.45) is 4.99 Å². The van der Waals surface area contributed by atoms with Crippen molar-refractivity contribution in [3.05, 3.63) is 22.7 Å². The molecular weight excluding hydrogens is 456 g/mol. The van der Waals surface area contributed by atoms with E-state index in [1.54, 1.807) is 12.3 Å². The smallest absolute Gasteiger partial charge is 0.351 e. The van der Waals surface area contributed by atoms with Crippen LogP contribution in [0.1, 0.15) is 61.6 Å². The zero-order chi connectivity index (χ0) is 24.7. The van der Waals surface area contributed by atoms with Gasteiger partial charge in [-0.2, -0.15) is 4.98 Å². The number of anilines is 1. The van der Waals surface area contributed by atoms with Gasteiger partial charge in [0.1, 0.15) is 24.1 Å². The van der Waals surface area contributed by atoms with E-state index in [2.05, 4.69) is 72.1 Å². The quantitative estimate of drug-likeness (QED) is 0.472. The highest BCUT2D eigenvalue weighted by molar-refractivity contribution is 6.83. The van der Waals surface area contributed by atoms with E-state index >= 15 is 0 Å². The van der Waals surface area contributed by atoms with E-state index in [0.717, 1.165) is 0 Å². The van der Waals surface area contributed by atoms with Gasteiger partial charge in [-0.15, -0.1) is 0 Å². The Morgan fingerprint density at radius 3 is 2.15 bits per heavy atom. The molecule has 2 aliphatic heterocycles. The molecule has 0 bridgehead atoms. The van der Waals surface area contributed by atoms with Gasteiger partial charge in [-0.05, 0) is 34.9 Å². The van der Waals surface area contributed by atoms with Gasteiger partial charge in [-0.25, -0.2) is 4.79 Å². The summed E-state index contributed by atoms with van der Waals surface area (Å²) in [5.41, 5.74) is 6.01. The molecule has 3 heterocycles. The standard InChI is InChI=1S/C22H40N4O5Si2/c1-13(2)32(14(3)4)28-12-17-20(30-33(31-32,15(5)6)16(7)8)19(24-9)21(29-17)26-11-10-18(23)25-22(26)27/h10-11,13-17,19-21H,9,12H2,1-8H3,(H2,23,25,27)/t17-,19-,20-,21-/m1/s1. The van der Waals surface area contributed by atoms with E-state index in [-0.39, 0.29) is 28.0 Å². The molecule has 2 saturated heterocycles. The van der Waals surface area contributed by atoms with Crippen molar-refractivity contribution in [3.63, 3.8) is 0 Å². The largest absolute Gasteiger partial charge is 0.414 e. The SMILES string of the molecule is C=N[C@@H]1[C@@H]2O[Si](C(C)C)(C(C)C)O[Si](C(C)C)(C(C)C)OC[C@H]2O[C@H]1n1ccc(N)nc1=O. The second-order valence-corrected chi connectivity index (χ2v) is 19.2. The van der Waals surface area contributed by atoms with E-state index in [9.17, 15) is 4.79 Å². The second-order valence-electron chi connectivity index (χ2n) is 10.3. The Labute approximate surface area is 199 Å². The first-order chi connectivity index (χ1) is 15.4. The van der Waals surface area contributed by atoms with Crippen molar-refractivity contribution >= 4 is 29.7 Å². The van der Waals surface area contributed by atoms with Crippen LogP contribution in [0.25, 0.3) is 0 Å². The molecule has 2 aliphatic rings. The highest BCUT2D eigenvalue weighted by Gasteiger charge is 2.61. The number of aliphatic imine (C=N–C) groups is 1. The molecule has 0 aliphatic carbocycles. The predicted octanol–water partition coefficient (Wildman–Crippen LogP) is 3.75. The van der Waals surface area contributed by atoms with Crippen molar-refractivity contribution in [2.45, 2.75) is 102 Å². The number of rotatable bonds is 6. The van der Waals surface area contributed by atoms with Crippen LogP contribution in [-0.4, -0.2) is 58.2 Å². The summed E-state index contributed by atoms with van der Waals surface area (Å²) in [6.45, 7) is 21.5. The highest BCUT2D eigenvalue weighted by Crippen LogP contribution is 2.48. The van der Waals surface area contributed by atoms with Crippen molar-refractivity contribution < 1.29 is 17.7 Å². The minimum Gasteiger partial charge on any atom is -0.414 e. The minimum absolute atomic E-state index is 0.159. The molecule has 0 unspecified atom stereocenters. The van der Waals surface area contributed by atoms with E-state index < -0.39 is 47.3 Å². The third-order valence-electron chi connectivity index (χ3n) is 6.98. The van der Waals surface area contributed by atoms with Gasteiger partial charge in [0.2, 0.25) is 0 Å². The number of hydrogen-bond acceptors (Lipinski definition) is 8. The van der Waals surface area contributed by atoms with Crippen LogP contribution in [0.5, 0.6) is 0 Å². The van der Waals surface area contributed by atoms with Gasteiger partial charge in [0.15, 0.2) is 6.23 Å². The number of nitrogen functional groups attached to an aromatic ring is 1. The van der Waals surface area contributed by atoms with Gasteiger partial charge in [0.05, 0.1) is 6.61 Å². The van der Waals surface area contributed by atoms with Crippen LogP contribution in [-0.2, 0) is 17.7 Å². The molecule has 1 aromatic heterocycles. The summed E-state index contributed by atoms with van der Waals surface area (Å²) in [6.07, 6.45) is 0.0215. The lowest BCUT2D eigenvalue weighted by Crippen LogP contribution is -2.65. The Bertz CT molecular complexity index is 891. The number of nitrogens with zero attached hydrogens (tertiary/aromatic N) is 3. The Morgan fingerprint density at radius 1 is 1.09 bits per heavy atom. The van der Waals surface area contributed by atoms with Gasteiger partial charge in [0.25, 0.3) is 0 Å². The lowest BCUT2D eigenvalue weighted by Gasteiger charge is -2.51. The van der Waals surface area contributed by atoms with Crippen molar-refractivity contribution in [1.29, 1.82) is 0 Å². The Balaban J connectivity index is 2.12. The molecule has 33 heavy (non-hydrogen) atoms. The number of aromatic nitrogens is 2. The summed E-state index contributed by atoms with van der Waals surface area (Å²) >= 11 is 0. The third kappa shape index (κ3) is 4.51. The summed E-state index contributed by atoms with van der Waals surface area (Å²) in [5.74, 6) is 0.159. The first-order valence-electron chi connectivity index (χ1n) is 11.9. The summed E-state index contributed by atoms with van der Waals surface area (Å²) in [6, 6.07) is 1.06. The molecule has 0 radical (unpaired) electrons. The number of nitrogens with two attached hydrogens (primary N) is 1. The van der Waals surface area contributed by atoms with Crippen LogP contribution in [0, 0.1) is 0 Å². The van der Waals surface area contributed by atoms with Gasteiger partial charge >= 0.3 is 22.8 Å². The monoisotopic (exact) mass is 496 g/mol. The Morgan fingerprint density at radius 2 is 1.67 bits per heavy atom. The molecule has 0 amide bonds. The van der Waals surface area contributed by atoms with Crippen molar-refractivity contribution in [3.8, 4) is 0 Å². The predicted molar refractivity (Wildman–Crippen MR) is 134 cm³/mol. The summed E-state index contributed by atoms with van der Waals surface area (Å²) in [7, 11) is -5.51. The number of fused-ring (bicyclic) bond motifs is 1. The summed E-state index contributed by atoms with van der Waals surface area (Å²) in [5, 5.41) is 0. The Kier molecular flexibility index (Phi) is 7.71. The maximum atomic E-state index is 12.6. The zero-order valence-corrected chi connectivity index (χ0v) is 23.1. The average molecular weight is 497 g/mol. The molecule has 0 spiro atoms. The van der Waals surface area contributed by atoms with Crippen LogP contribution in [0.4, 0.5) is 5.82 Å². The van der Waals surface area contributed by atoms with Crippen LogP contribution in [0.2, 0.25) is 22.2 Å². The van der Waals surface area contributed by atoms with Gasteiger partial charge in [0, 0.05) is 6.20 Å². The number of hydrogen-bond donors (Lipinski definition) is 1. The van der Waals surface area contributed by atoms with Crippen molar-refractivity contribution in [1.82, 2.24) is 9.55 Å². The topological polar surface area (TPSA) is 110 Å². The average Bonchev–Trinajstić information content (AvgIpc) is 3.03. The molecule has 9 nitrogen and oxygen atoms in total. The van der Waals surface area contributed by atoms with Gasteiger partial charge in [-0.1, -0.05) is 55.4 Å². The maximum absolute atomic E-state index is 12.6.